The van der Waals surface area contributed by atoms with E-state index < -0.39 is 0 Å². The number of furan rings is 1. The highest BCUT2D eigenvalue weighted by Crippen LogP contribution is 2.18. The molecule has 0 saturated heterocycles. The Kier molecular flexibility index (Phi) is 2.86. The van der Waals surface area contributed by atoms with Gasteiger partial charge in [-0.1, -0.05) is 12.2 Å². The Balaban J connectivity index is 1.82. The van der Waals surface area contributed by atoms with Gasteiger partial charge in [-0.15, -0.1) is 0 Å². The number of nitrogens with one attached hydrogen (secondary N) is 1. The summed E-state index contributed by atoms with van der Waals surface area (Å²) in [6, 6.07) is 2.51. The molecule has 3 heteroatoms. The Morgan fingerprint density at radius 1 is 1.46 bits per heavy atom. The molecular formula is C10H12BrNO. The summed E-state index contributed by atoms with van der Waals surface area (Å²) < 4.78 is 6.34. The van der Waals surface area contributed by atoms with Crippen LogP contribution in [0.1, 0.15) is 18.6 Å². The molecule has 1 heterocycles. The molecule has 0 fully saturated rings. The van der Waals surface area contributed by atoms with E-state index >= 15 is 0 Å². The van der Waals surface area contributed by atoms with Gasteiger partial charge in [-0.2, -0.15) is 0 Å². The second-order valence-corrected chi connectivity index (χ2v) is 4.07. The van der Waals surface area contributed by atoms with Gasteiger partial charge in [0.05, 0.1) is 17.3 Å². The predicted octanol–water partition coefficient (Wildman–Crippen LogP) is 2.85. The van der Waals surface area contributed by atoms with Crippen molar-refractivity contribution in [2.24, 2.45) is 0 Å². The molecule has 0 aliphatic heterocycles. The van der Waals surface area contributed by atoms with Crippen LogP contribution in [0.25, 0.3) is 0 Å². The first-order valence-corrected chi connectivity index (χ1v) is 5.26. The summed E-state index contributed by atoms with van der Waals surface area (Å²) >= 11 is 3.43. The van der Waals surface area contributed by atoms with Gasteiger partial charge in [0.25, 0.3) is 0 Å². The quantitative estimate of drug-likeness (QED) is 0.824. The van der Waals surface area contributed by atoms with Crippen molar-refractivity contribution >= 4 is 15.9 Å². The van der Waals surface area contributed by atoms with Crippen molar-refractivity contribution in [3.05, 3.63) is 34.7 Å². The molecule has 0 radical (unpaired) electrons. The molecule has 0 atom stereocenters. The van der Waals surface area contributed by atoms with Gasteiger partial charge in [0.1, 0.15) is 5.76 Å². The van der Waals surface area contributed by atoms with Crippen LogP contribution in [0, 0.1) is 0 Å². The van der Waals surface area contributed by atoms with Crippen LogP contribution in [0.4, 0.5) is 0 Å². The fourth-order valence-corrected chi connectivity index (χ4v) is 1.81. The smallest absolute Gasteiger partial charge is 0.131 e. The molecule has 1 aromatic rings. The number of halogens is 1. The summed E-state index contributed by atoms with van der Waals surface area (Å²) in [4.78, 5) is 0. The van der Waals surface area contributed by atoms with E-state index in [1.165, 1.54) is 0 Å². The maximum atomic E-state index is 5.29. The molecule has 2 nitrogen and oxygen atoms in total. The van der Waals surface area contributed by atoms with Gasteiger partial charge in [0.15, 0.2) is 0 Å². The van der Waals surface area contributed by atoms with Crippen LogP contribution in [0.2, 0.25) is 0 Å². The average molecular weight is 242 g/mol. The number of rotatable bonds is 3. The van der Waals surface area contributed by atoms with Gasteiger partial charge >= 0.3 is 0 Å². The molecule has 0 unspecified atom stereocenters. The Morgan fingerprint density at radius 2 is 2.23 bits per heavy atom. The minimum Gasteiger partial charge on any atom is -0.467 e. The van der Waals surface area contributed by atoms with Crippen LogP contribution in [-0.2, 0) is 6.54 Å². The molecule has 1 aromatic heterocycles. The van der Waals surface area contributed by atoms with Crippen LogP contribution in [-0.4, -0.2) is 6.04 Å². The zero-order chi connectivity index (χ0) is 9.10. The van der Waals surface area contributed by atoms with E-state index in [1.54, 1.807) is 6.26 Å². The van der Waals surface area contributed by atoms with Crippen LogP contribution in [0.15, 0.2) is 33.4 Å². The Bertz CT molecular complexity index is 298. The Hall–Kier alpha value is -0.540. The molecule has 1 N–H and O–H groups in total. The monoisotopic (exact) mass is 241 g/mol. The summed E-state index contributed by atoms with van der Waals surface area (Å²) in [5, 5.41) is 3.44. The third kappa shape index (κ3) is 2.23. The molecule has 0 aromatic carbocycles. The maximum absolute atomic E-state index is 5.29. The lowest BCUT2D eigenvalue weighted by Gasteiger charge is -2.10. The van der Waals surface area contributed by atoms with Gasteiger partial charge in [-0.3, -0.25) is 0 Å². The predicted molar refractivity (Wildman–Crippen MR) is 55.4 cm³/mol. The highest BCUT2D eigenvalue weighted by molar-refractivity contribution is 9.10. The topological polar surface area (TPSA) is 25.2 Å². The fourth-order valence-electron chi connectivity index (χ4n) is 1.47. The molecule has 1 aliphatic carbocycles. The lowest BCUT2D eigenvalue weighted by atomic mass is 10.2. The minimum absolute atomic E-state index is 0.594. The molecule has 70 valence electrons. The Labute approximate surface area is 86.1 Å². The normalized spacial score (nSPS) is 17.0. The summed E-state index contributed by atoms with van der Waals surface area (Å²) in [7, 11) is 0. The largest absolute Gasteiger partial charge is 0.467 e. The number of hydrogen-bond acceptors (Lipinski definition) is 2. The molecule has 0 saturated carbocycles. The van der Waals surface area contributed by atoms with Crippen LogP contribution >= 0.6 is 15.9 Å². The molecule has 13 heavy (non-hydrogen) atoms. The lowest BCUT2D eigenvalue weighted by Crippen LogP contribution is -2.25. The van der Waals surface area contributed by atoms with Gasteiger partial charge in [0.2, 0.25) is 0 Å². The third-order valence-corrected chi connectivity index (χ3v) is 2.96. The van der Waals surface area contributed by atoms with E-state index in [0.29, 0.717) is 6.04 Å². The van der Waals surface area contributed by atoms with Crippen molar-refractivity contribution in [2.45, 2.75) is 25.4 Å². The van der Waals surface area contributed by atoms with E-state index in [-0.39, 0.29) is 0 Å². The highest BCUT2D eigenvalue weighted by Gasteiger charge is 2.10. The van der Waals surface area contributed by atoms with Gasteiger partial charge in [-0.25, -0.2) is 0 Å². The second kappa shape index (κ2) is 4.11. The molecule has 1 aliphatic rings. The summed E-state index contributed by atoms with van der Waals surface area (Å²) in [5.74, 6) is 0.979. The van der Waals surface area contributed by atoms with Gasteiger partial charge in [0, 0.05) is 6.04 Å². The first-order chi connectivity index (χ1) is 6.36. The van der Waals surface area contributed by atoms with E-state index in [1.807, 2.05) is 6.07 Å². The second-order valence-electron chi connectivity index (χ2n) is 3.21. The van der Waals surface area contributed by atoms with Crippen molar-refractivity contribution in [3.8, 4) is 0 Å². The SMILES string of the molecule is Brc1ccoc1CNC1CC=CC1. The summed E-state index contributed by atoms with van der Waals surface area (Å²) in [6.45, 7) is 0.805. The maximum Gasteiger partial charge on any atom is 0.131 e. The summed E-state index contributed by atoms with van der Waals surface area (Å²) in [5.41, 5.74) is 0. The standard InChI is InChI=1S/C10H12BrNO/c11-9-5-6-13-10(9)7-12-8-3-1-2-4-8/h1-2,5-6,8,12H,3-4,7H2. The van der Waals surface area contributed by atoms with Gasteiger partial charge < -0.3 is 9.73 Å². The molecular weight excluding hydrogens is 230 g/mol. The highest BCUT2D eigenvalue weighted by atomic mass is 79.9. The molecule has 0 amide bonds. The molecule has 0 bridgehead atoms. The van der Waals surface area contributed by atoms with Crippen LogP contribution < -0.4 is 5.32 Å². The van der Waals surface area contributed by atoms with Crippen molar-refractivity contribution < 1.29 is 4.42 Å². The van der Waals surface area contributed by atoms with E-state index in [9.17, 15) is 0 Å². The lowest BCUT2D eigenvalue weighted by molar-refractivity contribution is 0.449. The van der Waals surface area contributed by atoms with Crippen LogP contribution in [0.3, 0.4) is 0 Å². The molecule has 2 rings (SSSR count). The van der Waals surface area contributed by atoms with E-state index in [4.69, 9.17) is 4.42 Å². The third-order valence-electron chi connectivity index (χ3n) is 2.25. The fraction of sp³-hybridized carbons (Fsp3) is 0.400. The Morgan fingerprint density at radius 3 is 2.85 bits per heavy atom. The first-order valence-electron chi connectivity index (χ1n) is 4.46. The number of hydrogen-bond donors (Lipinski definition) is 1. The minimum atomic E-state index is 0.594. The van der Waals surface area contributed by atoms with Crippen molar-refractivity contribution in [2.75, 3.05) is 0 Å². The molecule has 0 spiro atoms. The average Bonchev–Trinajstić information content (AvgIpc) is 2.72. The first kappa shape index (κ1) is 9.03. The summed E-state index contributed by atoms with van der Waals surface area (Å²) in [6.07, 6.45) is 8.41. The van der Waals surface area contributed by atoms with Crippen molar-refractivity contribution in [1.29, 1.82) is 0 Å². The zero-order valence-corrected chi connectivity index (χ0v) is 8.88. The van der Waals surface area contributed by atoms with Crippen molar-refractivity contribution in [1.82, 2.24) is 5.32 Å². The zero-order valence-electron chi connectivity index (χ0n) is 7.29. The van der Waals surface area contributed by atoms with Gasteiger partial charge in [-0.05, 0) is 34.8 Å². The van der Waals surface area contributed by atoms with Crippen LogP contribution in [0.5, 0.6) is 0 Å². The van der Waals surface area contributed by atoms with E-state index in [0.717, 1.165) is 29.6 Å². The van der Waals surface area contributed by atoms with Crippen molar-refractivity contribution in [3.63, 3.8) is 0 Å². The van der Waals surface area contributed by atoms with E-state index in [2.05, 4.69) is 33.4 Å².